The molecule has 1 aliphatic rings. The molecule has 88 valence electrons. The quantitative estimate of drug-likeness (QED) is 0.819. The summed E-state index contributed by atoms with van der Waals surface area (Å²) in [7, 11) is 0. The SMILES string of the molecule is CCc1cc(CC)cc(C2CCNCC2)c1. The van der Waals surface area contributed by atoms with Gasteiger partial charge in [-0.1, -0.05) is 32.0 Å². The summed E-state index contributed by atoms with van der Waals surface area (Å²) in [6, 6.07) is 7.22. The van der Waals surface area contributed by atoms with E-state index in [2.05, 4.69) is 37.4 Å². The Labute approximate surface area is 99.3 Å². The average Bonchev–Trinajstić information content (AvgIpc) is 2.39. The normalized spacial score (nSPS) is 17.6. The lowest BCUT2D eigenvalue weighted by atomic mass is 9.87. The predicted molar refractivity (Wildman–Crippen MR) is 70.0 cm³/mol. The van der Waals surface area contributed by atoms with Crippen molar-refractivity contribution in [2.24, 2.45) is 0 Å². The molecule has 0 amide bonds. The van der Waals surface area contributed by atoms with Crippen molar-refractivity contribution >= 4 is 0 Å². The first kappa shape index (κ1) is 11.7. The molecule has 0 radical (unpaired) electrons. The molecular weight excluding hydrogens is 194 g/mol. The van der Waals surface area contributed by atoms with Gasteiger partial charge in [-0.05, 0) is 61.4 Å². The van der Waals surface area contributed by atoms with Crippen LogP contribution in [0, 0.1) is 0 Å². The summed E-state index contributed by atoms with van der Waals surface area (Å²) in [5.74, 6) is 0.790. The van der Waals surface area contributed by atoms with Crippen LogP contribution in [0.1, 0.15) is 49.3 Å². The third-order valence-corrected chi connectivity index (χ3v) is 3.70. The highest BCUT2D eigenvalue weighted by Gasteiger charge is 2.15. The third kappa shape index (κ3) is 2.65. The van der Waals surface area contributed by atoms with Gasteiger partial charge in [0.25, 0.3) is 0 Å². The Hall–Kier alpha value is -0.820. The van der Waals surface area contributed by atoms with Gasteiger partial charge in [0.05, 0.1) is 0 Å². The van der Waals surface area contributed by atoms with Crippen LogP contribution in [-0.2, 0) is 12.8 Å². The second kappa shape index (κ2) is 5.49. The van der Waals surface area contributed by atoms with E-state index < -0.39 is 0 Å². The first-order valence-corrected chi connectivity index (χ1v) is 6.67. The van der Waals surface area contributed by atoms with Crippen LogP contribution in [0.15, 0.2) is 18.2 Å². The molecule has 1 nitrogen and oxygen atoms in total. The fourth-order valence-corrected chi connectivity index (χ4v) is 2.59. The summed E-state index contributed by atoms with van der Waals surface area (Å²) >= 11 is 0. The third-order valence-electron chi connectivity index (χ3n) is 3.70. The van der Waals surface area contributed by atoms with E-state index in [9.17, 15) is 0 Å². The number of benzene rings is 1. The van der Waals surface area contributed by atoms with E-state index in [1.54, 1.807) is 5.56 Å². The van der Waals surface area contributed by atoms with Crippen LogP contribution in [-0.4, -0.2) is 13.1 Å². The zero-order valence-electron chi connectivity index (χ0n) is 10.6. The van der Waals surface area contributed by atoms with Crippen LogP contribution in [0.4, 0.5) is 0 Å². The molecule has 1 heteroatoms. The molecule has 0 aliphatic carbocycles. The number of nitrogens with one attached hydrogen (secondary N) is 1. The zero-order valence-corrected chi connectivity index (χ0v) is 10.6. The molecule has 0 unspecified atom stereocenters. The second-order valence-electron chi connectivity index (χ2n) is 4.81. The molecule has 1 aromatic carbocycles. The summed E-state index contributed by atoms with van der Waals surface area (Å²) < 4.78 is 0. The maximum Gasteiger partial charge on any atom is -0.00431 e. The molecule has 2 rings (SSSR count). The van der Waals surface area contributed by atoms with Gasteiger partial charge in [-0.15, -0.1) is 0 Å². The summed E-state index contributed by atoms with van der Waals surface area (Å²) in [4.78, 5) is 0. The van der Waals surface area contributed by atoms with E-state index in [1.165, 1.54) is 37.1 Å². The van der Waals surface area contributed by atoms with Crippen molar-refractivity contribution in [1.29, 1.82) is 0 Å². The molecule has 1 fully saturated rings. The van der Waals surface area contributed by atoms with Crippen molar-refractivity contribution in [3.63, 3.8) is 0 Å². The van der Waals surface area contributed by atoms with Crippen LogP contribution < -0.4 is 5.32 Å². The minimum atomic E-state index is 0.790. The van der Waals surface area contributed by atoms with Gasteiger partial charge in [-0.25, -0.2) is 0 Å². The van der Waals surface area contributed by atoms with Gasteiger partial charge in [-0.3, -0.25) is 0 Å². The monoisotopic (exact) mass is 217 g/mol. The molecule has 1 N–H and O–H groups in total. The minimum Gasteiger partial charge on any atom is -0.317 e. The maximum absolute atomic E-state index is 3.44. The highest BCUT2D eigenvalue weighted by molar-refractivity contribution is 5.32. The van der Waals surface area contributed by atoms with Crippen LogP contribution >= 0.6 is 0 Å². The van der Waals surface area contributed by atoms with Crippen LogP contribution in [0.2, 0.25) is 0 Å². The van der Waals surface area contributed by atoms with Gasteiger partial charge >= 0.3 is 0 Å². The smallest absolute Gasteiger partial charge is 0.00431 e. The van der Waals surface area contributed by atoms with E-state index in [4.69, 9.17) is 0 Å². The molecule has 0 atom stereocenters. The highest BCUT2D eigenvalue weighted by Crippen LogP contribution is 2.27. The molecule has 0 bridgehead atoms. The fourth-order valence-electron chi connectivity index (χ4n) is 2.59. The Morgan fingerprint density at radius 3 is 2.06 bits per heavy atom. The van der Waals surface area contributed by atoms with Crippen molar-refractivity contribution in [3.05, 3.63) is 34.9 Å². The first-order chi connectivity index (χ1) is 7.83. The molecule has 16 heavy (non-hydrogen) atoms. The second-order valence-corrected chi connectivity index (χ2v) is 4.81. The number of piperidine rings is 1. The predicted octanol–water partition coefficient (Wildman–Crippen LogP) is 3.28. The lowest BCUT2D eigenvalue weighted by Gasteiger charge is -2.24. The van der Waals surface area contributed by atoms with Gasteiger partial charge in [-0.2, -0.15) is 0 Å². The van der Waals surface area contributed by atoms with Crippen molar-refractivity contribution in [2.45, 2.75) is 45.4 Å². The number of rotatable bonds is 3. The molecule has 1 aliphatic heterocycles. The van der Waals surface area contributed by atoms with Gasteiger partial charge in [0, 0.05) is 0 Å². The molecular formula is C15H23N. The maximum atomic E-state index is 3.44. The minimum absolute atomic E-state index is 0.790. The molecule has 0 saturated carbocycles. The molecule has 0 aromatic heterocycles. The Kier molecular flexibility index (Phi) is 4.00. The Bertz CT molecular complexity index is 315. The Balaban J connectivity index is 2.24. The fraction of sp³-hybridized carbons (Fsp3) is 0.600. The highest BCUT2D eigenvalue weighted by atomic mass is 14.9. The van der Waals surface area contributed by atoms with E-state index in [0.29, 0.717) is 0 Å². The summed E-state index contributed by atoms with van der Waals surface area (Å²) in [6.45, 7) is 6.87. The van der Waals surface area contributed by atoms with Gasteiger partial charge in [0.1, 0.15) is 0 Å². The Morgan fingerprint density at radius 1 is 1.00 bits per heavy atom. The summed E-state index contributed by atoms with van der Waals surface area (Å²) in [5, 5.41) is 3.44. The van der Waals surface area contributed by atoms with Crippen LogP contribution in [0.5, 0.6) is 0 Å². The van der Waals surface area contributed by atoms with Crippen molar-refractivity contribution in [3.8, 4) is 0 Å². The zero-order chi connectivity index (χ0) is 11.4. The number of aryl methyl sites for hydroxylation is 2. The molecule has 1 aromatic rings. The van der Waals surface area contributed by atoms with Crippen molar-refractivity contribution < 1.29 is 0 Å². The van der Waals surface area contributed by atoms with Gasteiger partial charge in [0.2, 0.25) is 0 Å². The van der Waals surface area contributed by atoms with Crippen LogP contribution in [0.3, 0.4) is 0 Å². The van der Waals surface area contributed by atoms with E-state index in [0.717, 1.165) is 18.8 Å². The van der Waals surface area contributed by atoms with E-state index in [-0.39, 0.29) is 0 Å². The van der Waals surface area contributed by atoms with E-state index >= 15 is 0 Å². The largest absolute Gasteiger partial charge is 0.317 e. The molecule has 1 heterocycles. The van der Waals surface area contributed by atoms with E-state index in [1.807, 2.05) is 0 Å². The number of hydrogen-bond donors (Lipinski definition) is 1. The molecule has 1 saturated heterocycles. The topological polar surface area (TPSA) is 12.0 Å². The lowest BCUT2D eigenvalue weighted by molar-refractivity contribution is 0.460. The first-order valence-electron chi connectivity index (χ1n) is 6.67. The van der Waals surface area contributed by atoms with Gasteiger partial charge in [0.15, 0.2) is 0 Å². The van der Waals surface area contributed by atoms with Crippen molar-refractivity contribution in [1.82, 2.24) is 5.32 Å². The Morgan fingerprint density at radius 2 is 1.56 bits per heavy atom. The average molecular weight is 217 g/mol. The van der Waals surface area contributed by atoms with Crippen molar-refractivity contribution in [2.75, 3.05) is 13.1 Å². The summed E-state index contributed by atoms with van der Waals surface area (Å²) in [6.07, 6.45) is 4.92. The number of hydrogen-bond acceptors (Lipinski definition) is 1. The lowest BCUT2D eigenvalue weighted by Crippen LogP contribution is -2.26. The summed E-state index contributed by atoms with van der Waals surface area (Å²) in [5.41, 5.74) is 4.60. The van der Waals surface area contributed by atoms with Crippen LogP contribution in [0.25, 0.3) is 0 Å². The van der Waals surface area contributed by atoms with Gasteiger partial charge < -0.3 is 5.32 Å². The standard InChI is InChI=1S/C15H23N/c1-3-12-9-13(4-2)11-15(10-12)14-5-7-16-8-6-14/h9-11,14,16H,3-8H2,1-2H3. The molecule has 0 spiro atoms.